The molecular weight excluding hydrogens is 318 g/mol. The van der Waals surface area contributed by atoms with Crippen molar-refractivity contribution in [2.45, 2.75) is 38.5 Å². The molecule has 3 heterocycles. The minimum atomic E-state index is -0.391. The van der Waals surface area contributed by atoms with Gasteiger partial charge in [0.15, 0.2) is 5.82 Å². The molecular formula is C17H21N7O. The number of aliphatic hydroxyl groups is 1. The van der Waals surface area contributed by atoms with Crippen LogP contribution >= 0.6 is 0 Å². The maximum atomic E-state index is 10.3. The summed E-state index contributed by atoms with van der Waals surface area (Å²) in [5.74, 6) is 2.66. The Bertz CT molecular complexity index is 812. The maximum absolute atomic E-state index is 10.3. The van der Waals surface area contributed by atoms with E-state index in [0.717, 1.165) is 31.0 Å². The van der Waals surface area contributed by atoms with Crippen molar-refractivity contribution in [3.63, 3.8) is 0 Å². The first-order valence-electron chi connectivity index (χ1n) is 8.45. The molecule has 8 heteroatoms. The molecule has 0 bridgehead atoms. The first-order valence-corrected chi connectivity index (χ1v) is 8.45. The predicted octanol–water partition coefficient (Wildman–Crippen LogP) is 1.42. The zero-order valence-corrected chi connectivity index (χ0v) is 14.0. The van der Waals surface area contributed by atoms with E-state index in [1.54, 1.807) is 12.4 Å². The number of hydrogen-bond donors (Lipinski definition) is 2. The van der Waals surface area contributed by atoms with Gasteiger partial charge in [0.2, 0.25) is 0 Å². The fraction of sp³-hybridized carbons (Fsp3) is 0.412. The molecule has 8 nitrogen and oxygen atoms in total. The van der Waals surface area contributed by atoms with Crippen LogP contribution in [0.2, 0.25) is 0 Å². The quantitative estimate of drug-likeness (QED) is 0.730. The zero-order chi connectivity index (χ0) is 17.2. The lowest BCUT2D eigenvalue weighted by atomic mass is 10.1. The van der Waals surface area contributed by atoms with E-state index < -0.39 is 6.10 Å². The third kappa shape index (κ3) is 3.39. The van der Waals surface area contributed by atoms with Gasteiger partial charge in [0.05, 0.1) is 12.1 Å². The SMILES string of the molecule is Cc1nccn1-c1ccc(N[C@@H]2CC(Cn3cccn3)C[C@H]2O)nn1. The molecule has 0 saturated heterocycles. The number of anilines is 1. The summed E-state index contributed by atoms with van der Waals surface area (Å²) >= 11 is 0. The van der Waals surface area contributed by atoms with Crippen molar-refractivity contribution in [3.8, 4) is 5.82 Å². The zero-order valence-electron chi connectivity index (χ0n) is 14.0. The third-order valence-electron chi connectivity index (χ3n) is 4.69. The van der Waals surface area contributed by atoms with Gasteiger partial charge < -0.3 is 10.4 Å². The summed E-state index contributed by atoms with van der Waals surface area (Å²) in [6.07, 6.45) is 8.57. The Balaban J connectivity index is 1.39. The Hall–Kier alpha value is -2.74. The summed E-state index contributed by atoms with van der Waals surface area (Å²) in [5, 5.41) is 26.4. The van der Waals surface area contributed by atoms with Gasteiger partial charge >= 0.3 is 0 Å². The van der Waals surface area contributed by atoms with Gasteiger partial charge in [-0.05, 0) is 43.9 Å². The fourth-order valence-electron chi connectivity index (χ4n) is 3.44. The molecule has 0 spiro atoms. The highest BCUT2D eigenvalue weighted by Gasteiger charge is 2.33. The van der Waals surface area contributed by atoms with E-state index in [-0.39, 0.29) is 6.04 Å². The van der Waals surface area contributed by atoms with Gasteiger partial charge in [-0.3, -0.25) is 9.25 Å². The van der Waals surface area contributed by atoms with E-state index in [4.69, 9.17) is 0 Å². The van der Waals surface area contributed by atoms with Crippen LogP contribution in [0, 0.1) is 12.8 Å². The first-order chi connectivity index (χ1) is 12.2. The molecule has 4 rings (SSSR count). The molecule has 1 aliphatic rings. The molecule has 0 amide bonds. The smallest absolute Gasteiger partial charge is 0.160 e. The van der Waals surface area contributed by atoms with Crippen LogP contribution in [-0.4, -0.2) is 46.8 Å². The van der Waals surface area contributed by atoms with Crippen LogP contribution < -0.4 is 5.32 Å². The van der Waals surface area contributed by atoms with Crippen molar-refractivity contribution < 1.29 is 5.11 Å². The Labute approximate surface area is 145 Å². The number of hydrogen-bond acceptors (Lipinski definition) is 6. The van der Waals surface area contributed by atoms with E-state index in [9.17, 15) is 5.11 Å². The predicted molar refractivity (Wildman–Crippen MR) is 92.3 cm³/mol. The number of nitrogens with zero attached hydrogens (tertiary/aromatic N) is 6. The van der Waals surface area contributed by atoms with Crippen LogP contribution in [-0.2, 0) is 6.54 Å². The van der Waals surface area contributed by atoms with Crippen molar-refractivity contribution in [1.29, 1.82) is 0 Å². The second kappa shape index (κ2) is 6.64. The second-order valence-corrected chi connectivity index (χ2v) is 6.50. The molecule has 3 atom stereocenters. The average molecular weight is 339 g/mol. The van der Waals surface area contributed by atoms with Gasteiger partial charge in [0, 0.05) is 31.3 Å². The first kappa shape index (κ1) is 15.8. The lowest BCUT2D eigenvalue weighted by molar-refractivity contribution is 0.166. The number of aromatic nitrogens is 6. The van der Waals surface area contributed by atoms with E-state index in [0.29, 0.717) is 11.7 Å². The minimum absolute atomic E-state index is 0.0179. The molecule has 0 aromatic carbocycles. The molecule has 1 aliphatic carbocycles. The highest BCUT2D eigenvalue weighted by Crippen LogP contribution is 2.29. The molecule has 1 fully saturated rings. The Kier molecular flexibility index (Phi) is 4.19. The highest BCUT2D eigenvalue weighted by atomic mass is 16.3. The Morgan fingerprint density at radius 2 is 2.12 bits per heavy atom. The Morgan fingerprint density at radius 3 is 2.80 bits per heavy atom. The van der Waals surface area contributed by atoms with Crippen LogP contribution in [0.5, 0.6) is 0 Å². The van der Waals surface area contributed by atoms with E-state index in [1.165, 1.54) is 0 Å². The van der Waals surface area contributed by atoms with Crippen molar-refractivity contribution in [2.75, 3.05) is 5.32 Å². The molecule has 130 valence electrons. The summed E-state index contributed by atoms with van der Waals surface area (Å²) in [6.45, 7) is 2.75. The van der Waals surface area contributed by atoms with Crippen molar-refractivity contribution in [2.24, 2.45) is 5.92 Å². The topological polar surface area (TPSA) is 93.7 Å². The molecule has 0 aliphatic heterocycles. The van der Waals surface area contributed by atoms with Crippen molar-refractivity contribution in [3.05, 3.63) is 48.8 Å². The highest BCUT2D eigenvalue weighted by molar-refractivity contribution is 5.38. The molecule has 1 unspecified atom stereocenters. The number of imidazole rings is 1. The normalized spacial score (nSPS) is 23.0. The molecule has 25 heavy (non-hydrogen) atoms. The lowest BCUT2D eigenvalue weighted by Crippen LogP contribution is -2.28. The third-order valence-corrected chi connectivity index (χ3v) is 4.69. The summed E-state index contributed by atoms with van der Waals surface area (Å²) in [5.41, 5.74) is 0. The van der Waals surface area contributed by atoms with E-state index >= 15 is 0 Å². The van der Waals surface area contributed by atoms with Crippen molar-refractivity contribution in [1.82, 2.24) is 29.5 Å². The number of aliphatic hydroxyl groups excluding tert-OH is 1. The lowest BCUT2D eigenvalue weighted by Gasteiger charge is -2.16. The molecule has 3 aromatic rings. The average Bonchev–Trinajstić information content (AvgIpc) is 3.32. The van der Waals surface area contributed by atoms with Crippen LogP contribution in [0.1, 0.15) is 18.7 Å². The summed E-state index contributed by atoms with van der Waals surface area (Å²) < 4.78 is 3.79. The molecule has 2 N–H and O–H groups in total. The van der Waals surface area contributed by atoms with Gasteiger partial charge in [0.1, 0.15) is 11.6 Å². The van der Waals surface area contributed by atoms with Gasteiger partial charge in [0.25, 0.3) is 0 Å². The standard InChI is InChI=1S/C17H21N7O/c1-12-18-6-8-24(12)17-4-3-16(21-22-17)20-14-9-13(10-15(14)25)11-23-7-2-5-19-23/h2-8,13-15,25H,9-11H2,1H3,(H,20,21)/t13?,14-,15-/m1/s1. The fourth-order valence-corrected chi connectivity index (χ4v) is 3.44. The Morgan fingerprint density at radius 1 is 1.20 bits per heavy atom. The van der Waals surface area contributed by atoms with Crippen molar-refractivity contribution >= 4 is 5.82 Å². The number of rotatable bonds is 5. The number of nitrogens with one attached hydrogen (secondary N) is 1. The largest absolute Gasteiger partial charge is 0.391 e. The minimum Gasteiger partial charge on any atom is -0.391 e. The van der Waals surface area contributed by atoms with E-state index in [1.807, 2.05) is 46.8 Å². The van der Waals surface area contributed by atoms with Crippen LogP contribution in [0.15, 0.2) is 43.0 Å². The maximum Gasteiger partial charge on any atom is 0.160 e. The van der Waals surface area contributed by atoms with Gasteiger partial charge in [-0.25, -0.2) is 4.98 Å². The number of aryl methyl sites for hydroxylation is 1. The summed E-state index contributed by atoms with van der Waals surface area (Å²) in [7, 11) is 0. The monoisotopic (exact) mass is 339 g/mol. The second-order valence-electron chi connectivity index (χ2n) is 6.50. The van der Waals surface area contributed by atoms with Crippen LogP contribution in [0.25, 0.3) is 5.82 Å². The van der Waals surface area contributed by atoms with Gasteiger partial charge in [-0.1, -0.05) is 0 Å². The molecule has 3 aromatic heterocycles. The summed E-state index contributed by atoms with van der Waals surface area (Å²) in [4.78, 5) is 4.19. The molecule has 0 radical (unpaired) electrons. The van der Waals surface area contributed by atoms with Crippen LogP contribution in [0.3, 0.4) is 0 Å². The molecule has 1 saturated carbocycles. The van der Waals surface area contributed by atoms with Gasteiger partial charge in [-0.2, -0.15) is 5.10 Å². The van der Waals surface area contributed by atoms with E-state index in [2.05, 4.69) is 25.6 Å². The van der Waals surface area contributed by atoms with Gasteiger partial charge in [-0.15, -0.1) is 10.2 Å². The summed E-state index contributed by atoms with van der Waals surface area (Å²) in [6, 6.07) is 5.68. The van der Waals surface area contributed by atoms with Crippen LogP contribution in [0.4, 0.5) is 5.82 Å².